The second-order valence-corrected chi connectivity index (χ2v) is 6.32. The van der Waals surface area contributed by atoms with Crippen LogP contribution in [0.25, 0.3) is 22.3 Å². The van der Waals surface area contributed by atoms with Crippen molar-refractivity contribution >= 4 is 40.0 Å². The number of nitrogens with zero attached hydrogens (tertiary/aromatic N) is 2. The molecular weight excluding hydrogens is 362 g/mol. The smallest absolute Gasteiger partial charge is 0.229 e. The molecule has 2 aromatic carbocycles. The van der Waals surface area contributed by atoms with Crippen LogP contribution >= 0.6 is 11.6 Å². The highest BCUT2D eigenvalue weighted by Gasteiger charge is 2.15. The van der Waals surface area contributed by atoms with Gasteiger partial charge in [0.1, 0.15) is 11.4 Å². The summed E-state index contributed by atoms with van der Waals surface area (Å²) >= 11 is 6.39. The zero-order valence-electron chi connectivity index (χ0n) is 14.9. The van der Waals surface area contributed by atoms with Crippen molar-refractivity contribution < 1.29 is 4.74 Å². The fourth-order valence-electron chi connectivity index (χ4n) is 2.95. The molecule has 0 unspecified atom stereocenters. The van der Waals surface area contributed by atoms with E-state index in [1.165, 1.54) is 0 Å². The minimum absolute atomic E-state index is 0.454. The van der Waals surface area contributed by atoms with Crippen molar-refractivity contribution in [3.8, 4) is 17.0 Å². The summed E-state index contributed by atoms with van der Waals surface area (Å²) < 4.78 is 5.40. The predicted octanol–water partition coefficient (Wildman–Crippen LogP) is 5.07. The molecule has 3 N–H and O–H groups in total. The molecule has 0 atom stereocenters. The largest absolute Gasteiger partial charge is 0.495 e. The van der Waals surface area contributed by atoms with Crippen LogP contribution < -0.4 is 15.4 Å². The van der Waals surface area contributed by atoms with E-state index in [9.17, 15) is 0 Å². The van der Waals surface area contributed by atoms with Crippen LogP contribution in [-0.4, -0.2) is 29.1 Å². The first-order chi connectivity index (χ1) is 13.2. The molecule has 0 radical (unpaired) electrons. The standard InChI is InChI=1S/C20H18ClN5O/c1-22-13-7-5-6-12(10-13)18-17-14(21)11-23-19(17)26-20(25-18)24-15-8-3-4-9-16(15)27-2/h3-11,22H,1-2H3,(H2,23,24,25,26). The van der Waals surface area contributed by atoms with Gasteiger partial charge in [0.15, 0.2) is 0 Å². The highest BCUT2D eigenvalue weighted by molar-refractivity contribution is 6.36. The summed E-state index contributed by atoms with van der Waals surface area (Å²) in [6, 6.07) is 15.6. The van der Waals surface area contributed by atoms with E-state index in [2.05, 4.69) is 20.6 Å². The van der Waals surface area contributed by atoms with Gasteiger partial charge in [-0.05, 0) is 24.3 Å². The van der Waals surface area contributed by atoms with Crippen molar-refractivity contribution in [2.45, 2.75) is 0 Å². The molecule has 0 aliphatic rings. The van der Waals surface area contributed by atoms with Crippen molar-refractivity contribution in [1.29, 1.82) is 0 Å². The van der Waals surface area contributed by atoms with Gasteiger partial charge in [-0.1, -0.05) is 35.9 Å². The summed E-state index contributed by atoms with van der Waals surface area (Å²) in [5.74, 6) is 1.17. The number of H-pyrrole nitrogens is 1. The minimum Gasteiger partial charge on any atom is -0.495 e. The Morgan fingerprint density at radius 2 is 1.93 bits per heavy atom. The van der Waals surface area contributed by atoms with Crippen LogP contribution in [0.3, 0.4) is 0 Å². The van der Waals surface area contributed by atoms with E-state index in [-0.39, 0.29) is 0 Å². The number of rotatable bonds is 5. The Labute approximate surface area is 161 Å². The Morgan fingerprint density at radius 3 is 2.74 bits per heavy atom. The quantitative estimate of drug-likeness (QED) is 0.451. The number of ether oxygens (including phenoxy) is 1. The highest BCUT2D eigenvalue weighted by Crippen LogP contribution is 2.34. The molecule has 2 aromatic heterocycles. The second-order valence-electron chi connectivity index (χ2n) is 5.91. The van der Waals surface area contributed by atoms with Crippen molar-refractivity contribution in [2.75, 3.05) is 24.8 Å². The van der Waals surface area contributed by atoms with E-state index in [1.54, 1.807) is 13.3 Å². The fourth-order valence-corrected chi connectivity index (χ4v) is 3.18. The van der Waals surface area contributed by atoms with E-state index < -0.39 is 0 Å². The van der Waals surface area contributed by atoms with Crippen molar-refractivity contribution in [1.82, 2.24) is 15.0 Å². The normalized spacial score (nSPS) is 10.8. The third-order valence-corrected chi connectivity index (χ3v) is 4.56. The van der Waals surface area contributed by atoms with E-state index in [0.717, 1.165) is 28.0 Å². The fraction of sp³-hybridized carbons (Fsp3) is 0.100. The van der Waals surface area contributed by atoms with Crippen LogP contribution in [0.2, 0.25) is 5.02 Å². The second kappa shape index (κ2) is 7.17. The lowest BCUT2D eigenvalue weighted by molar-refractivity contribution is 0.417. The van der Waals surface area contributed by atoms with E-state index >= 15 is 0 Å². The first-order valence-corrected chi connectivity index (χ1v) is 8.80. The molecule has 2 heterocycles. The van der Waals surface area contributed by atoms with Crippen molar-refractivity contribution in [3.63, 3.8) is 0 Å². The van der Waals surface area contributed by atoms with Crippen LogP contribution in [0.15, 0.2) is 54.7 Å². The van der Waals surface area contributed by atoms with Gasteiger partial charge in [0.05, 0.1) is 28.9 Å². The molecule has 0 amide bonds. The lowest BCUT2D eigenvalue weighted by atomic mass is 10.1. The Balaban J connectivity index is 1.86. The van der Waals surface area contributed by atoms with E-state index in [1.807, 2.05) is 55.6 Å². The Bertz CT molecular complexity index is 1110. The van der Waals surface area contributed by atoms with Crippen LogP contribution in [0.1, 0.15) is 0 Å². The van der Waals surface area contributed by atoms with Crippen LogP contribution in [0.5, 0.6) is 5.75 Å². The van der Waals surface area contributed by atoms with Gasteiger partial charge >= 0.3 is 0 Å². The molecule has 0 spiro atoms. The molecule has 0 fully saturated rings. The summed E-state index contributed by atoms with van der Waals surface area (Å²) in [4.78, 5) is 12.4. The van der Waals surface area contributed by atoms with Crippen LogP contribution in [0, 0.1) is 0 Å². The summed E-state index contributed by atoms with van der Waals surface area (Å²) in [6.45, 7) is 0. The average molecular weight is 380 g/mol. The number of hydrogen-bond donors (Lipinski definition) is 3. The van der Waals surface area contributed by atoms with Gasteiger partial charge in [0.25, 0.3) is 0 Å². The first-order valence-electron chi connectivity index (χ1n) is 8.42. The van der Waals surface area contributed by atoms with Crippen LogP contribution in [0.4, 0.5) is 17.3 Å². The maximum absolute atomic E-state index is 6.39. The van der Waals surface area contributed by atoms with Crippen molar-refractivity contribution in [2.24, 2.45) is 0 Å². The third kappa shape index (κ3) is 3.27. The van der Waals surface area contributed by atoms with Gasteiger partial charge in [0.2, 0.25) is 5.95 Å². The predicted molar refractivity (Wildman–Crippen MR) is 110 cm³/mol. The molecule has 0 saturated carbocycles. The molecule has 4 rings (SSSR count). The number of halogens is 1. The van der Waals surface area contributed by atoms with Gasteiger partial charge in [0, 0.05) is 24.5 Å². The number of nitrogens with one attached hydrogen (secondary N) is 3. The molecule has 7 heteroatoms. The van der Waals surface area contributed by atoms with Gasteiger partial charge in [-0.25, -0.2) is 4.98 Å². The maximum Gasteiger partial charge on any atom is 0.229 e. The Hall–Kier alpha value is -3.25. The summed E-state index contributed by atoms with van der Waals surface area (Å²) in [6.07, 6.45) is 1.72. The molecular formula is C20H18ClN5O. The van der Waals surface area contributed by atoms with Crippen molar-refractivity contribution in [3.05, 3.63) is 59.8 Å². The minimum atomic E-state index is 0.454. The lowest BCUT2D eigenvalue weighted by Gasteiger charge is -2.12. The number of para-hydroxylation sites is 2. The Morgan fingerprint density at radius 1 is 1.07 bits per heavy atom. The molecule has 4 aromatic rings. The van der Waals surface area contributed by atoms with Gasteiger partial charge in [-0.15, -0.1) is 0 Å². The third-order valence-electron chi connectivity index (χ3n) is 4.26. The zero-order valence-corrected chi connectivity index (χ0v) is 15.6. The highest BCUT2D eigenvalue weighted by atomic mass is 35.5. The first kappa shape index (κ1) is 17.2. The summed E-state index contributed by atoms with van der Waals surface area (Å²) in [5, 5.41) is 7.75. The molecule has 0 aliphatic carbocycles. The number of methoxy groups -OCH3 is 1. The van der Waals surface area contributed by atoms with E-state index in [0.29, 0.717) is 22.4 Å². The Kier molecular flexibility index (Phi) is 4.56. The molecule has 0 aliphatic heterocycles. The molecule has 27 heavy (non-hydrogen) atoms. The lowest BCUT2D eigenvalue weighted by Crippen LogP contribution is -2.01. The maximum atomic E-state index is 6.39. The molecule has 0 saturated heterocycles. The summed E-state index contributed by atoms with van der Waals surface area (Å²) in [5.41, 5.74) is 4.13. The number of aromatic amines is 1. The number of fused-ring (bicyclic) bond motifs is 1. The van der Waals surface area contributed by atoms with Gasteiger partial charge < -0.3 is 20.4 Å². The number of anilines is 3. The monoisotopic (exact) mass is 379 g/mol. The summed E-state index contributed by atoms with van der Waals surface area (Å²) in [7, 11) is 3.51. The number of benzene rings is 2. The van der Waals surface area contributed by atoms with Crippen LogP contribution in [-0.2, 0) is 0 Å². The van der Waals surface area contributed by atoms with Gasteiger partial charge in [-0.2, -0.15) is 4.98 Å². The molecule has 136 valence electrons. The number of aromatic nitrogens is 3. The van der Waals surface area contributed by atoms with E-state index in [4.69, 9.17) is 21.3 Å². The van der Waals surface area contributed by atoms with Gasteiger partial charge in [-0.3, -0.25) is 0 Å². The molecule has 6 nitrogen and oxygen atoms in total. The average Bonchev–Trinajstić information content (AvgIpc) is 3.08. The SMILES string of the molecule is CNc1cccc(-c2nc(Nc3ccccc3OC)nc3[nH]cc(Cl)c23)c1. The molecule has 0 bridgehead atoms. The zero-order chi connectivity index (χ0) is 18.8. The number of hydrogen-bond acceptors (Lipinski definition) is 5. The topological polar surface area (TPSA) is 74.9 Å².